The molecule has 10 nitrogen and oxygen atoms in total. The fourth-order valence-corrected chi connectivity index (χ4v) is 5.89. The fourth-order valence-electron chi connectivity index (χ4n) is 5.89. The number of Topliss-reactive ketones (excluding diaryl/α,β-unsaturated/α-hetero) is 2. The molecule has 10 heteroatoms. The summed E-state index contributed by atoms with van der Waals surface area (Å²) in [5.41, 5.74) is 0.105. The molecule has 2 aromatic heterocycles. The third-order valence-electron chi connectivity index (χ3n) is 7.51. The van der Waals surface area contributed by atoms with Gasteiger partial charge in [-0.15, -0.1) is 0 Å². The van der Waals surface area contributed by atoms with Crippen LogP contribution in [0.5, 0.6) is 11.5 Å². The Morgan fingerprint density at radius 1 is 0.833 bits per heavy atom. The average Bonchev–Trinajstić information content (AvgIpc) is 2.93. The first-order valence-electron chi connectivity index (χ1n) is 14.8. The summed E-state index contributed by atoms with van der Waals surface area (Å²) in [5.74, 6) is 0.151. The minimum Gasteiger partial charge on any atom is -0.409 e. The van der Waals surface area contributed by atoms with E-state index in [1.54, 1.807) is 0 Å². The lowest BCUT2D eigenvalue weighted by atomic mass is 9.62. The van der Waals surface area contributed by atoms with Crippen LogP contribution in [0.1, 0.15) is 113 Å². The van der Waals surface area contributed by atoms with Crippen molar-refractivity contribution in [1.29, 1.82) is 0 Å². The molecule has 2 N–H and O–H groups in total. The van der Waals surface area contributed by atoms with Gasteiger partial charge in [0.2, 0.25) is 0 Å². The number of hydrogen-bond donors (Lipinski definition) is 2. The number of nitrogens with zero attached hydrogens (tertiary/aromatic N) is 2. The van der Waals surface area contributed by atoms with Crippen LogP contribution < -0.4 is 20.1 Å². The van der Waals surface area contributed by atoms with Gasteiger partial charge >= 0.3 is 12.2 Å². The molecule has 2 amide bonds. The first kappa shape index (κ1) is 32.7. The summed E-state index contributed by atoms with van der Waals surface area (Å²) in [7, 11) is 0. The van der Waals surface area contributed by atoms with Gasteiger partial charge in [-0.3, -0.25) is 19.6 Å². The molecule has 2 atom stereocenters. The van der Waals surface area contributed by atoms with Crippen LogP contribution >= 0.6 is 0 Å². The first-order chi connectivity index (χ1) is 19.9. The molecule has 2 aromatic rings. The Morgan fingerprint density at radius 3 is 1.88 bits per heavy atom. The number of hydrogen-bond acceptors (Lipinski definition) is 8. The van der Waals surface area contributed by atoms with Crippen LogP contribution in [0.15, 0.2) is 36.9 Å². The van der Waals surface area contributed by atoms with Crippen LogP contribution in [0.2, 0.25) is 0 Å². The lowest BCUT2D eigenvalue weighted by Crippen LogP contribution is -2.51. The lowest BCUT2D eigenvalue weighted by Gasteiger charge is -2.46. The van der Waals surface area contributed by atoms with Gasteiger partial charge in [0.05, 0.1) is 11.1 Å². The monoisotopic (exact) mass is 580 g/mol. The highest BCUT2D eigenvalue weighted by Gasteiger charge is 2.42. The molecule has 228 valence electrons. The zero-order chi connectivity index (χ0) is 30.8. The zero-order valence-electron chi connectivity index (χ0n) is 25.5. The van der Waals surface area contributed by atoms with E-state index in [0.29, 0.717) is 36.9 Å². The SMILES string of the molecule is CCCCC(=O)c1cnccc1OC(=O)NCC1(C)CC(NC(=O)Oc2ccncc2C(=O)CCCC)CC(C)(C)C1. The predicted octanol–water partition coefficient (Wildman–Crippen LogP) is 6.68. The maximum Gasteiger partial charge on any atom is 0.412 e. The van der Waals surface area contributed by atoms with Crippen LogP contribution in [0.4, 0.5) is 9.59 Å². The summed E-state index contributed by atoms with van der Waals surface area (Å²) in [6, 6.07) is 2.82. The van der Waals surface area contributed by atoms with Gasteiger partial charge in [0.1, 0.15) is 11.5 Å². The molecule has 2 heterocycles. The van der Waals surface area contributed by atoms with Gasteiger partial charge in [0.25, 0.3) is 0 Å². The number of aromatic nitrogens is 2. The van der Waals surface area contributed by atoms with E-state index in [1.165, 1.54) is 36.9 Å². The number of amides is 2. The van der Waals surface area contributed by atoms with E-state index >= 15 is 0 Å². The quantitative estimate of drug-likeness (QED) is 0.250. The number of ether oxygens (including phenoxy) is 2. The topological polar surface area (TPSA) is 137 Å². The summed E-state index contributed by atoms with van der Waals surface area (Å²) in [4.78, 5) is 58.9. The van der Waals surface area contributed by atoms with Gasteiger partial charge in [0, 0.05) is 62.3 Å². The van der Waals surface area contributed by atoms with Crippen LogP contribution in [0.25, 0.3) is 0 Å². The highest BCUT2D eigenvalue weighted by molar-refractivity contribution is 5.99. The van der Waals surface area contributed by atoms with Crippen LogP contribution in [-0.4, -0.2) is 46.3 Å². The lowest BCUT2D eigenvalue weighted by molar-refractivity contribution is 0.0700. The Hall–Kier alpha value is -3.82. The summed E-state index contributed by atoms with van der Waals surface area (Å²) in [6.07, 6.45) is 10.7. The molecule has 1 aliphatic rings. The van der Waals surface area contributed by atoms with Crippen molar-refractivity contribution >= 4 is 23.8 Å². The number of carbonyl (C=O) groups excluding carboxylic acids is 4. The molecule has 0 saturated heterocycles. The van der Waals surface area contributed by atoms with E-state index in [0.717, 1.165) is 38.5 Å². The van der Waals surface area contributed by atoms with Gasteiger partial charge in [-0.2, -0.15) is 0 Å². The van der Waals surface area contributed by atoms with Crippen molar-refractivity contribution in [1.82, 2.24) is 20.6 Å². The molecule has 0 aromatic carbocycles. The van der Waals surface area contributed by atoms with Gasteiger partial charge in [-0.1, -0.05) is 47.5 Å². The molecule has 42 heavy (non-hydrogen) atoms. The summed E-state index contributed by atoms with van der Waals surface area (Å²) in [6.45, 7) is 10.6. The molecule has 1 fully saturated rings. The summed E-state index contributed by atoms with van der Waals surface area (Å²) < 4.78 is 11.1. The van der Waals surface area contributed by atoms with Crippen molar-refractivity contribution in [2.24, 2.45) is 10.8 Å². The normalized spacial score (nSPS) is 19.4. The van der Waals surface area contributed by atoms with Crippen molar-refractivity contribution in [2.75, 3.05) is 6.54 Å². The van der Waals surface area contributed by atoms with Crippen molar-refractivity contribution in [2.45, 2.75) is 98.4 Å². The van der Waals surface area contributed by atoms with Gasteiger partial charge in [0.15, 0.2) is 11.6 Å². The van der Waals surface area contributed by atoms with Crippen molar-refractivity contribution in [3.8, 4) is 11.5 Å². The molecule has 3 rings (SSSR count). The molecule has 2 unspecified atom stereocenters. The van der Waals surface area contributed by atoms with Crippen LogP contribution in [-0.2, 0) is 0 Å². The van der Waals surface area contributed by atoms with Gasteiger partial charge in [-0.25, -0.2) is 9.59 Å². The van der Waals surface area contributed by atoms with E-state index in [4.69, 9.17) is 9.47 Å². The average molecular weight is 581 g/mol. The first-order valence-corrected chi connectivity index (χ1v) is 14.8. The Labute approximate surface area is 248 Å². The zero-order valence-corrected chi connectivity index (χ0v) is 25.5. The molecular formula is C32H44N4O6. The Morgan fingerprint density at radius 2 is 1.36 bits per heavy atom. The van der Waals surface area contributed by atoms with Gasteiger partial charge in [-0.05, 0) is 42.9 Å². The van der Waals surface area contributed by atoms with Crippen molar-refractivity contribution in [3.63, 3.8) is 0 Å². The van der Waals surface area contributed by atoms with E-state index in [9.17, 15) is 19.2 Å². The standard InChI is InChI=1S/C32H44N4O6/c1-6-8-10-25(37)23-18-33-14-12-27(23)41-29(39)35-21-32(5)17-22(16-31(3,4)20-32)36-30(40)42-28-13-15-34-19-24(28)26(38)11-9-7-2/h12-15,18-19,22H,6-11,16-17,20-21H2,1-5H3,(H,35,39)(H,36,40). The Balaban J connectivity index is 1.61. The summed E-state index contributed by atoms with van der Waals surface area (Å²) >= 11 is 0. The molecule has 0 aliphatic heterocycles. The number of unbranched alkanes of at least 4 members (excludes halogenated alkanes) is 2. The van der Waals surface area contributed by atoms with Crippen molar-refractivity contribution in [3.05, 3.63) is 48.0 Å². The minimum atomic E-state index is -0.655. The predicted molar refractivity (Wildman–Crippen MR) is 159 cm³/mol. The number of carbonyl (C=O) groups is 4. The number of nitrogens with one attached hydrogen (secondary N) is 2. The van der Waals surface area contributed by atoms with E-state index in [1.807, 2.05) is 13.8 Å². The highest BCUT2D eigenvalue weighted by Crippen LogP contribution is 2.45. The molecule has 0 bridgehead atoms. The minimum absolute atomic E-state index is 0.110. The van der Waals surface area contributed by atoms with E-state index < -0.39 is 12.2 Å². The van der Waals surface area contributed by atoms with Crippen LogP contribution in [0, 0.1) is 10.8 Å². The maximum absolute atomic E-state index is 12.9. The van der Waals surface area contributed by atoms with Gasteiger partial charge < -0.3 is 20.1 Å². The second-order valence-electron chi connectivity index (χ2n) is 12.3. The molecule has 0 spiro atoms. The van der Waals surface area contributed by atoms with E-state index in [-0.39, 0.29) is 39.9 Å². The second kappa shape index (κ2) is 14.9. The fraction of sp³-hybridized carbons (Fsp3) is 0.562. The number of rotatable bonds is 13. The second-order valence-corrected chi connectivity index (χ2v) is 12.3. The van der Waals surface area contributed by atoms with Crippen molar-refractivity contribution < 1.29 is 28.7 Å². The largest absolute Gasteiger partial charge is 0.412 e. The number of pyridine rings is 2. The Kier molecular flexibility index (Phi) is 11.6. The third-order valence-corrected chi connectivity index (χ3v) is 7.51. The Bertz CT molecular complexity index is 1260. The molecule has 0 radical (unpaired) electrons. The molecule has 1 aliphatic carbocycles. The molecular weight excluding hydrogens is 536 g/mol. The van der Waals surface area contributed by atoms with E-state index in [2.05, 4.69) is 41.4 Å². The maximum atomic E-state index is 12.9. The smallest absolute Gasteiger partial charge is 0.409 e. The summed E-state index contributed by atoms with van der Waals surface area (Å²) in [5, 5.41) is 5.83. The van der Waals surface area contributed by atoms with Crippen LogP contribution in [0.3, 0.4) is 0 Å². The third kappa shape index (κ3) is 9.63. The molecule has 1 saturated carbocycles. The highest BCUT2D eigenvalue weighted by atomic mass is 16.6. The number of ketones is 2.